The summed E-state index contributed by atoms with van der Waals surface area (Å²) in [6.07, 6.45) is 10.6. The van der Waals surface area contributed by atoms with E-state index in [0.29, 0.717) is 0 Å². The first-order chi connectivity index (χ1) is 9.97. The smallest absolute Gasteiger partial charge is 0.249 e. The van der Waals surface area contributed by atoms with Crippen LogP contribution in [-0.2, 0) is 9.59 Å². The van der Waals surface area contributed by atoms with Gasteiger partial charge < -0.3 is 10.2 Å². The molecule has 21 heavy (non-hydrogen) atoms. The van der Waals surface area contributed by atoms with E-state index in [0.717, 1.165) is 38.5 Å². The van der Waals surface area contributed by atoms with Gasteiger partial charge in [0, 0.05) is 6.04 Å². The fourth-order valence-corrected chi connectivity index (χ4v) is 4.47. The SMILES string of the molecule is CC1(C)C(=O)NC2(CCCCC2)C(=O)N1C1CCCCC1. The second-order valence-electron chi connectivity index (χ2n) is 7.62. The van der Waals surface area contributed by atoms with E-state index in [1.165, 1.54) is 25.7 Å². The molecule has 3 fully saturated rings. The molecule has 0 radical (unpaired) electrons. The van der Waals surface area contributed by atoms with Gasteiger partial charge in [-0.1, -0.05) is 38.5 Å². The lowest BCUT2D eigenvalue weighted by molar-refractivity contribution is -0.167. The Morgan fingerprint density at radius 2 is 1.52 bits per heavy atom. The van der Waals surface area contributed by atoms with Gasteiger partial charge in [0.15, 0.2) is 0 Å². The number of piperazine rings is 1. The molecule has 0 unspecified atom stereocenters. The fourth-order valence-electron chi connectivity index (χ4n) is 4.47. The molecule has 0 bridgehead atoms. The van der Waals surface area contributed by atoms with Crippen molar-refractivity contribution >= 4 is 11.8 Å². The topological polar surface area (TPSA) is 49.4 Å². The number of hydrogen-bond acceptors (Lipinski definition) is 2. The Labute approximate surface area is 127 Å². The van der Waals surface area contributed by atoms with Crippen molar-refractivity contribution in [1.82, 2.24) is 10.2 Å². The third kappa shape index (κ3) is 2.36. The predicted octanol–water partition coefficient (Wildman–Crippen LogP) is 2.76. The van der Waals surface area contributed by atoms with Gasteiger partial charge in [0.25, 0.3) is 0 Å². The van der Waals surface area contributed by atoms with Crippen LogP contribution in [0.2, 0.25) is 0 Å². The highest BCUT2D eigenvalue weighted by atomic mass is 16.2. The van der Waals surface area contributed by atoms with Crippen molar-refractivity contribution in [2.24, 2.45) is 0 Å². The molecule has 1 heterocycles. The van der Waals surface area contributed by atoms with Crippen LogP contribution in [0, 0.1) is 0 Å². The zero-order valence-electron chi connectivity index (χ0n) is 13.4. The van der Waals surface area contributed by atoms with Gasteiger partial charge >= 0.3 is 0 Å². The van der Waals surface area contributed by atoms with Crippen molar-refractivity contribution in [3.05, 3.63) is 0 Å². The Kier molecular flexibility index (Phi) is 3.74. The molecule has 2 saturated carbocycles. The molecule has 2 aliphatic carbocycles. The Morgan fingerprint density at radius 3 is 2.14 bits per heavy atom. The average molecular weight is 292 g/mol. The lowest BCUT2D eigenvalue weighted by Gasteiger charge is -2.54. The highest BCUT2D eigenvalue weighted by Crippen LogP contribution is 2.39. The Balaban J connectivity index is 1.92. The van der Waals surface area contributed by atoms with Gasteiger partial charge in [0.1, 0.15) is 11.1 Å². The first-order valence-corrected chi connectivity index (χ1v) is 8.64. The van der Waals surface area contributed by atoms with E-state index in [1.807, 2.05) is 18.7 Å². The highest BCUT2D eigenvalue weighted by molar-refractivity contribution is 6.02. The quantitative estimate of drug-likeness (QED) is 0.808. The zero-order valence-corrected chi connectivity index (χ0v) is 13.4. The molecule has 3 aliphatic rings. The van der Waals surface area contributed by atoms with Crippen molar-refractivity contribution < 1.29 is 9.59 Å². The molecule has 1 N–H and O–H groups in total. The largest absolute Gasteiger partial charge is 0.340 e. The van der Waals surface area contributed by atoms with Crippen molar-refractivity contribution in [2.45, 2.75) is 95.2 Å². The van der Waals surface area contributed by atoms with Gasteiger partial charge in [-0.25, -0.2) is 0 Å². The molecule has 0 atom stereocenters. The van der Waals surface area contributed by atoms with Crippen LogP contribution in [-0.4, -0.2) is 33.8 Å². The number of rotatable bonds is 1. The molecule has 4 heteroatoms. The normalized spacial score (nSPS) is 29.5. The molecular formula is C17H28N2O2. The van der Waals surface area contributed by atoms with Crippen LogP contribution in [0.5, 0.6) is 0 Å². The molecule has 1 spiro atoms. The van der Waals surface area contributed by atoms with Crippen LogP contribution in [0.4, 0.5) is 0 Å². The van der Waals surface area contributed by atoms with Gasteiger partial charge in [-0.05, 0) is 39.5 Å². The molecule has 0 aromatic rings. The maximum Gasteiger partial charge on any atom is 0.249 e. The van der Waals surface area contributed by atoms with E-state index in [-0.39, 0.29) is 17.9 Å². The lowest BCUT2D eigenvalue weighted by Crippen LogP contribution is -2.76. The van der Waals surface area contributed by atoms with Crippen LogP contribution in [0.1, 0.15) is 78.1 Å². The lowest BCUT2D eigenvalue weighted by atomic mass is 9.75. The Bertz CT molecular complexity index is 432. The minimum atomic E-state index is -0.707. The molecule has 118 valence electrons. The van der Waals surface area contributed by atoms with Crippen molar-refractivity contribution in [3.8, 4) is 0 Å². The predicted molar refractivity (Wildman–Crippen MR) is 81.8 cm³/mol. The van der Waals surface area contributed by atoms with Crippen molar-refractivity contribution in [1.29, 1.82) is 0 Å². The summed E-state index contributed by atoms with van der Waals surface area (Å²) in [4.78, 5) is 27.9. The number of carbonyl (C=O) groups excluding carboxylic acids is 2. The van der Waals surface area contributed by atoms with Gasteiger partial charge in [-0.3, -0.25) is 9.59 Å². The number of hydrogen-bond donors (Lipinski definition) is 1. The Hall–Kier alpha value is -1.06. The minimum Gasteiger partial charge on any atom is -0.340 e. The summed E-state index contributed by atoms with van der Waals surface area (Å²) >= 11 is 0. The molecule has 1 saturated heterocycles. The monoisotopic (exact) mass is 292 g/mol. The standard InChI is InChI=1S/C17H28N2O2/c1-16(2)14(20)18-17(11-7-4-8-12-17)15(21)19(16)13-9-5-3-6-10-13/h13H,3-12H2,1-2H3,(H,18,20). The minimum absolute atomic E-state index is 0.0366. The first kappa shape index (κ1) is 14.9. The molecule has 0 aromatic heterocycles. The van der Waals surface area contributed by atoms with Crippen LogP contribution in [0.25, 0.3) is 0 Å². The van der Waals surface area contributed by atoms with E-state index in [9.17, 15) is 9.59 Å². The van der Waals surface area contributed by atoms with Crippen LogP contribution < -0.4 is 5.32 Å². The van der Waals surface area contributed by atoms with E-state index in [2.05, 4.69) is 5.32 Å². The first-order valence-electron chi connectivity index (χ1n) is 8.64. The summed E-state index contributed by atoms with van der Waals surface area (Å²) in [7, 11) is 0. The molecule has 2 amide bonds. The third-order valence-corrected chi connectivity index (χ3v) is 5.79. The zero-order chi connectivity index (χ0) is 15.1. The summed E-state index contributed by atoms with van der Waals surface area (Å²) in [6.45, 7) is 3.81. The average Bonchev–Trinajstić information content (AvgIpc) is 2.48. The molecule has 0 aromatic carbocycles. The van der Waals surface area contributed by atoms with Crippen LogP contribution >= 0.6 is 0 Å². The maximum absolute atomic E-state index is 13.3. The third-order valence-electron chi connectivity index (χ3n) is 5.79. The second kappa shape index (κ2) is 5.29. The number of amides is 2. The molecular weight excluding hydrogens is 264 g/mol. The summed E-state index contributed by atoms with van der Waals surface area (Å²) in [5.74, 6) is 0.230. The second-order valence-corrected chi connectivity index (χ2v) is 7.62. The summed E-state index contributed by atoms with van der Waals surface area (Å²) < 4.78 is 0. The van der Waals surface area contributed by atoms with Crippen LogP contribution in [0.3, 0.4) is 0 Å². The van der Waals surface area contributed by atoms with E-state index in [1.54, 1.807) is 0 Å². The maximum atomic E-state index is 13.3. The van der Waals surface area contributed by atoms with E-state index < -0.39 is 11.1 Å². The summed E-state index contributed by atoms with van der Waals surface area (Å²) in [5.41, 5.74) is -1.30. The van der Waals surface area contributed by atoms with Crippen molar-refractivity contribution in [3.63, 3.8) is 0 Å². The van der Waals surface area contributed by atoms with Crippen molar-refractivity contribution in [2.75, 3.05) is 0 Å². The van der Waals surface area contributed by atoms with Crippen LogP contribution in [0.15, 0.2) is 0 Å². The summed E-state index contributed by atoms with van der Waals surface area (Å²) in [6, 6.07) is 0.256. The van der Waals surface area contributed by atoms with E-state index in [4.69, 9.17) is 0 Å². The molecule has 4 nitrogen and oxygen atoms in total. The number of nitrogens with one attached hydrogen (secondary N) is 1. The molecule has 1 aliphatic heterocycles. The fraction of sp³-hybridized carbons (Fsp3) is 0.882. The number of carbonyl (C=O) groups is 2. The van der Waals surface area contributed by atoms with Gasteiger partial charge in [0.2, 0.25) is 11.8 Å². The van der Waals surface area contributed by atoms with Gasteiger partial charge in [0.05, 0.1) is 0 Å². The number of nitrogens with zero attached hydrogens (tertiary/aromatic N) is 1. The molecule has 3 rings (SSSR count). The Morgan fingerprint density at radius 1 is 0.952 bits per heavy atom. The highest BCUT2D eigenvalue weighted by Gasteiger charge is 2.56. The van der Waals surface area contributed by atoms with Gasteiger partial charge in [-0.2, -0.15) is 0 Å². The van der Waals surface area contributed by atoms with E-state index >= 15 is 0 Å². The van der Waals surface area contributed by atoms with Gasteiger partial charge in [-0.15, -0.1) is 0 Å². The summed E-state index contributed by atoms with van der Waals surface area (Å²) in [5, 5.41) is 3.11.